The van der Waals surface area contributed by atoms with Crippen LogP contribution in [0.15, 0.2) is 77.6 Å². The maximum Gasteiger partial charge on any atom is 0.317 e. The molecule has 16 amide bonds. The second kappa shape index (κ2) is 66.9. The number of nitrogens with two attached hydrogens (primary N) is 3. The fraction of sp³-hybridized carbons (Fsp3) is 0.608. The van der Waals surface area contributed by atoms with Crippen LogP contribution in [0.2, 0.25) is 0 Å². The summed E-state index contributed by atoms with van der Waals surface area (Å²) in [4.78, 5) is 285. The molecule has 0 saturated carbocycles. The van der Waals surface area contributed by atoms with Gasteiger partial charge in [-0.05, 0) is 75.0 Å². The zero-order valence-electron chi connectivity index (χ0n) is 82.7. The zero-order valence-corrected chi connectivity index (χ0v) is 82.7. The van der Waals surface area contributed by atoms with E-state index < -0.39 is 282 Å². The number of carboxylic acids is 3. The number of Topliss-reactive ketones (excluding diaryl/α,β-unsaturated/α-hetero) is 1. The molecule has 4 heterocycles. The van der Waals surface area contributed by atoms with Crippen LogP contribution in [0.25, 0.3) is 10.9 Å². The number of aromatic amines is 1. The first kappa shape index (κ1) is 121. The number of nitrogens with zero attached hydrogens (tertiary/aromatic N) is 3. The Morgan fingerprint density at radius 1 is 0.548 bits per heavy atom. The summed E-state index contributed by atoms with van der Waals surface area (Å²) in [6.45, 7) is -4.75. The number of guanidine groups is 1. The number of amides is 16. The van der Waals surface area contributed by atoms with Crippen molar-refractivity contribution in [2.45, 2.75) is 291 Å². The number of rotatable bonds is 62. The number of para-hydroxylation sites is 1. The number of aliphatic hydroxyl groups is 2. The van der Waals surface area contributed by atoms with Crippen molar-refractivity contribution in [3.63, 3.8) is 0 Å². The van der Waals surface area contributed by atoms with Crippen molar-refractivity contribution < 1.29 is 131 Å². The summed E-state index contributed by atoms with van der Waals surface area (Å²) in [5.41, 5.74) is 18.9. The maximum atomic E-state index is 15.6. The highest BCUT2D eigenvalue weighted by Gasteiger charge is 2.45. The molecule has 27 N–H and O–H groups in total. The first-order valence-electron chi connectivity index (χ1n) is 49.8. The van der Waals surface area contributed by atoms with E-state index in [0.29, 0.717) is 46.2 Å². The number of carboxylic acid groups (broad SMARTS) is 3. The Morgan fingerprint density at radius 2 is 1.14 bits per heavy atom. The Kier molecular flexibility index (Phi) is 55.3. The van der Waals surface area contributed by atoms with Gasteiger partial charge in [0.05, 0.1) is 58.7 Å². The number of primary amides is 2. The van der Waals surface area contributed by atoms with E-state index in [2.05, 4.69) is 84.4 Å². The average molecular weight is 2050 g/mol. The van der Waals surface area contributed by atoms with Crippen LogP contribution in [0, 0.1) is 5.41 Å². The predicted octanol–water partition coefficient (Wildman–Crippen LogP) is -2.58. The van der Waals surface area contributed by atoms with Gasteiger partial charge in [0.2, 0.25) is 94.5 Å². The lowest BCUT2D eigenvalue weighted by Crippen LogP contribution is -2.62. The lowest BCUT2D eigenvalue weighted by Gasteiger charge is -2.31. The minimum absolute atomic E-state index is 0.0190. The Balaban J connectivity index is 1.19. The Bertz CT molecular complexity index is 4910. The van der Waals surface area contributed by atoms with Crippen LogP contribution in [0.3, 0.4) is 0 Å². The number of allylic oxidation sites excluding steroid dienone is 1. The molecule has 2 aromatic carbocycles. The van der Waals surface area contributed by atoms with E-state index in [9.17, 15) is 87.5 Å². The van der Waals surface area contributed by atoms with E-state index in [0.717, 1.165) is 75.5 Å². The third kappa shape index (κ3) is 47.3. The number of nitrogens with one attached hydrogen (secondary N) is 16. The van der Waals surface area contributed by atoms with Gasteiger partial charge in [-0.2, -0.15) is 0 Å². The van der Waals surface area contributed by atoms with E-state index >= 15 is 28.8 Å². The molecule has 0 unspecified atom stereocenters. The largest absolute Gasteiger partial charge is 0.481 e. The highest BCUT2D eigenvalue weighted by Crippen LogP contribution is 2.25. The van der Waals surface area contributed by atoms with E-state index in [1.165, 1.54) is 6.21 Å². The van der Waals surface area contributed by atoms with Crippen molar-refractivity contribution in [3.8, 4) is 0 Å². The number of fused-ring (bicyclic) bond motifs is 2. The first-order valence-corrected chi connectivity index (χ1v) is 49.8. The smallest absolute Gasteiger partial charge is 0.317 e. The van der Waals surface area contributed by atoms with Crippen LogP contribution in [0.1, 0.15) is 217 Å². The summed E-state index contributed by atoms with van der Waals surface area (Å²) in [7, 11) is 0. The third-order valence-corrected chi connectivity index (χ3v) is 24.3. The highest BCUT2D eigenvalue weighted by molar-refractivity contribution is 6.01. The lowest BCUT2D eigenvalue weighted by atomic mass is 10.00. The SMILES string of the molecule is CCCC[C@H](NC(=O)[C@H](CNC(=O)CN(CC(=O)O)CC(=O)O)NC(=O)[C@H](CC1=CCC=N1)NC(=O)[C@H](CCC(N)=O)NC(=O)[C@H](CO)NC(=O)CNC(=O)COCCOCCNC(=O)CCCCCCCCCCCCCCC(=O)O)C(=O)N[C@H]1CCC(=O)CCCCC[C@@H](C(N)=O)NC(=O)[C@H](Cc2c[nH]c3ccccc23)NC(=O)[C@H](CCCNC(=N)N)NC(=O)[C@@H](Cc2ccccc2)NC(=O)[C@@H]2C[C@@H](O)CN2C1=O. The molecule has 12 atom stereocenters. The number of aliphatic carboxylic acids is 3. The second-order valence-electron chi connectivity index (χ2n) is 36.3. The Hall–Kier alpha value is -13.9. The number of hydrogen-bond acceptors (Lipinski definition) is 27. The number of aromatic nitrogens is 1. The molecule has 0 bridgehead atoms. The number of H-pyrrole nitrogens is 1. The topological polar surface area (TPSA) is 766 Å². The predicted molar refractivity (Wildman–Crippen MR) is 529 cm³/mol. The third-order valence-electron chi connectivity index (χ3n) is 24.3. The molecule has 49 heteroatoms. The molecule has 49 nitrogen and oxygen atoms in total. The standard InChI is InChI=1S/C97H146N22O27/c1-2-3-31-68(87(135)113-71-38-37-63(121)29-18-15-19-33-67(86(99)134)109-91(139)73(48-61-51-105-66-32-23-22-30-65(61)66)114-88(136)69(34-25-42-104-97(100)101)110-90(138)72(47-60-26-16-14-17-27-60)116-95(143)77-50-64(122)54-119(77)96(71)144)111-93(141)75(52-106-81(126)55-118(56-84(130)131)57-85(132)133)117-92(140)74(49-62-28-24-41-102-62)115-89(137)70(39-40-78(98)123)112-94(142)76(58-120)108-80(125)53-107-82(127)59-146-46-45-145-44-43-103-79(124)35-20-12-10-8-6-4-5-7-9-11-13-21-36-83(128)129/h14,16-17,22-23,26-28,30,32,41,51,64,67-77,105,120,122H,2-13,15,18-21,24-25,29,31,33-40,42-50,52-59H2,1H3,(H2,98,123)(H2,99,134)(H,103,124)(H,106,126)(H,107,127)(H,108,125)(H,109,139)(H,110,138)(H,111,141)(H,112,142)(H,113,135)(H,114,136)(H,115,137)(H,116,143)(H,117,140)(H,128,129)(H,130,131)(H,132,133)(H4,100,101,104)/t64-,67+,68+,69+,70+,71+,72-,73+,74+,75+,76+,77+/m1/s1. The monoisotopic (exact) mass is 2050 g/mol. The summed E-state index contributed by atoms with van der Waals surface area (Å²) < 4.78 is 10.8. The van der Waals surface area contributed by atoms with Gasteiger partial charge in [-0.25, -0.2) is 0 Å². The summed E-state index contributed by atoms with van der Waals surface area (Å²) in [5, 5.41) is 93.8. The fourth-order valence-electron chi connectivity index (χ4n) is 16.5. The molecule has 6 rings (SSSR count). The van der Waals surface area contributed by atoms with Crippen LogP contribution >= 0.6 is 0 Å². The van der Waals surface area contributed by atoms with Crippen molar-refractivity contribution in [1.82, 2.24) is 89.2 Å². The minimum Gasteiger partial charge on any atom is -0.481 e. The van der Waals surface area contributed by atoms with Gasteiger partial charge in [0.15, 0.2) is 5.96 Å². The average Bonchev–Trinajstić information content (AvgIpc) is 1.46. The minimum atomic E-state index is -2.06. The normalized spacial score (nSPS) is 18.6. The number of unbranched alkanes of at least 4 members (excludes halogenated alkanes) is 12. The van der Waals surface area contributed by atoms with Gasteiger partial charge in [-0.1, -0.05) is 151 Å². The zero-order chi connectivity index (χ0) is 107. The van der Waals surface area contributed by atoms with E-state index in [4.69, 9.17) is 37.2 Å². The van der Waals surface area contributed by atoms with Crippen molar-refractivity contribution in [1.29, 1.82) is 5.41 Å². The number of benzene rings is 2. The summed E-state index contributed by atoms with van der Waals surface area (Å²) in [6, 6.07) is -3.20. The van der Waals surface area contributed by atoms with Gasteiger partial charge in [-0.3, -0.25) is 111 Å². The second-order valence-corrected chi connectivity index (χ2v) is 36.3. The Morgan fingerprint density at radius 3 is 1.79 bits per heavy atom. The molecule has 146 heavy (non-hydrogen) atoms. The Labute approximate surface area is 845 Å². The summed E-state index contributed by atoms with van der Waals surface area (Å²) in [6.07, 6.45) is 13.1. The summed E-state index contributed by atoms with van der Waals surface area (Å²) in [5.74, 6) is -20.6. The molecule has 806 valence electrons. The van der Waals surface area contributed by atoms with Crippen LogP contribution in [0.4, 0.5) is 0 Å². The van der Waals surface area contributed by atoms with Gasteiger partial charge in [0, 0.05) is 119 Å². The van der Waals surface area contributed by atoms with Crippen LogP contribution in [0.5, 0.6) is 0 Å². The number of carbonyl (C=O) groups is 20. The molecule has 3 aromatic rings. The molecule has 3 aliphatic rings. The fourth-order valence-corrected chi connectivity index (χ4v) is 16.5. The number of aliphatic imine (C=N–C) groups is 1. The van der Waals surface area contributed by atoms with Crippen molar-refractivity contribution >= 4 is 141 Å². The van der Waals surface area contributed by atoms with Gasteiger partial charge < -0.3 is 137 Å². The number of hydrogen-bond donors (Lipinski definition) is 24. The number of aliphatic hydroxyl groups excluding tert-OH is 2. The van der Waals surface area contributed by atoms with Gasteiger partial charge >= 0.3 is 17.9 Å². The lowest BCUT2D eigenvalue weighted by molar-refractivity contribution is -0.143. The molecular weight excluding hydrogens is 1910 g/mol. The van der Waals surface area contributed by atoms with Gasteiger partial charge in [-0.15, -0.1) is 0 Å². The molecule has 2 fully saturated rings. The number of ether oxygens (including phenoxy) is 2. The summed E-state index contributed by atoms with van der Waals surface area (Å²) >= 11 is 0. The van der Waals surface area contributed by atoms with Crippen LogP contribution in [-0.4, -0.2) is 329 Å². The molecule has 0 spiro atoms. The van der Waals surface area contributed by atoms with E-state index in [1.54, 1.807) is 73.8 Å². The van der Waals surface area contributed by atoms with E-state index in [1.807, 2.05) is 0 Å². The van der Waals surface area contributed by atoms with Gasteiger partial charge in [0.1, 0.15) is 78.9 Å². The molecular formula is C97H146N22O27. The highest BCUT2D eigenvalue weighted by atomic mass is 16.5. The maximum absolute atomic E-state index is 15.6. The van der Waals surface area contributed by atoms with Crippen molar-refractivity contribution in [2.24, 2.45) is 22.2 Å². The van der Waals surface area contributed by atoms with Crippen LogP contribution < -0.4 is 91.6 Å². The molecule has 1 aromatic heterocycles. The molecule has 0 aliphatic carbocycles. The first-order chi connectivity index (χ1) is 69.9. The number of ketones is 1. The number of carbonyl (C=O) groups excluding carboxylic acids is 17. The molecule has 0 radical (unpaired) electrons. The van der Waals surface area contributed by atoms with Crippen molar-refractivity contribution in [2.75, 3.05) is 85.4 Å². The van der Waals surface area contributed by atoms with E-state index in [-0.39, 0.29) is 128 Å². The van der Waals surface area contributed by atoms with Crippen LogP contribution in [-0.2, 0) is 118 Å². The molecule has 2 saturated heterocycles. The van der Waals surface area contributed by atoms with Gasteiger partial charge in [0.25, 0.3) is 0 Å². The van der Waals surface area contributed by atoms with Crippen molar-refractivity contribution in [3.05, 3.63) is 83.7 Å². The quantitative estimate of drug-likeness (QED) is 0.0157. The molecule has 3 aliphatic heterocycles.